The molecule has 12 heavy (non-hydrogen) atoms. The van der Waals surface area contributed by atoms with Gasteiger partial charge < -0.3 is 4.42 Å². The largest absolute Gasteiger partial charge is 0.451 e. The molecule has 0 atom stereocenters. The lowest BCUT2D eigenvalue weighted by Gasteiger charge is -1.82. The molecule has 0 aliphatic heterocycles. The smallest absolute Gasteiger partial charge is 0.305 e. The second-order valence-corrected chi connectivity index (χ2v) is 2.94. The van der Waals surface area contributed by atoms with Gasteiger partial charge in [-0.05, 0) is 26.2 Å². The summed E-state index contributed by atoms with van der Waals surface area (Å²) in [6.45, 7) is 5.78. The Balaban J connectivity index is 3.16. The van der Waals surface area contributed by atoms with Crippen LogP contribution in [-0.2, 0) is 0 Å². The molecule has 1 rings (SSSR count). The summed E-state index contributed by atoms with van der Waals surface area (Å²) in [4.78, 5) is 4.26. The first-order valence-corrected chi connectivity index (χ1v) is 5.06. The normalized spacial score (nSPS) is 13.9. The summed E-state index contributed by atoms with van der Waals surface area (Å²) in [6.07, 6.45) is 5.84. The Morgan fingerprint density at radius 2 is 2.17 bits per heavy atom. The summed E-state index contributed by atoms with van der Waals surface area (Å²) in [5, 5.41) is 0.915. The topological polar surface area (TPSA) is 26.0 Å². The highest BCUT2D eigenvalue weighted by Crippen LogP contribution is 1.82. The molecule has 2 nitrogen and oxygen atoms in total. The Morgan fingerprint density at radius 3 is 2.58 bits per heavy atom. The van der Waals surface area contributed by atoms with E-state index in [1.807, 2.05) is 38.8 Å². The van der Waals surface area contributed by atoms with Crippen LogP contribution in [0.4, 0.5) is 0 Å². The Kier molecular flexibility index (Phi) is 3.47. The quantitative estimate of drug-likeness (QED) is 0.593. The van der Waals surface area contributed by atoms with Crippen LogP contribution in [0.15, 0.2) is 4.42 Å². The van der Waals surface area contributed by atoms with Crippen molar-refractivity contribution in [3.63, 3.8) is 0 Å². The van der Waals surface area contributed by atoms with Crippen LogP contribution in [0.5, 0.6) is 0 Å². The highest BCUT2D eigenvalue weighted by atomic mass is 32.2. The molecule has 63 valence electrons. The van der Waals surface area contributed by atoms with Gasteiger partial charge in [0.2, 0.25) is 0 Å². The molecule has 0 bridgehead atoms. The average molecular weight is 180 g/mol. The van der Waals surface area contributed by atoms with Gasteiger partial charge in [-0.2, -0.15) is 0 Å². The maximum Gasteiger partial charge on any atom is 0.305 e. The summed E-state index contributed by atoms with van der Waals surface area (Å²) in [5.41, 5.74) is 0.845. The van der Waals surface area contributed by atoms with Crippen LogP contribution in [0, 0.1) is 0 Å². The predicted molar refractivity (Wildman–Crippen MR) is 54.9 cm³/mol. The summed E-state index contributed by atoms with van der Waals surface area (Å²) in [6, 6.07) is 0. The van der Waals surface area contributed by atoms with Crippen LogP contribution in [0.1, 0.15) is 13.8 Å². The highest BCUT2D eigenvalue weighted by molar-refractivity contribution is 8.22. The van der Waals surface area contributed by atoms with Crippen molar-refractivity contribution < 1.29 is 4.42 Å². The number of rotatable bonds is 2. The van der Waals surface area contributed by atoms with Gasteiger partial charge in [0.1, 0.15) is 10.8 Å². The summed E-state index contributed by atoms with van der Waals surface area (Å²) < 4.78 is 5.42. The Labute approximate surface area is 76.9 Å². The molecule has 0 saturated heterocycles. The molecule has 0 aliphatic carbocycles. The first kappa shape index (κ1) is 9.45. The summed E-state index contributed by atoms with van der Waals surface area (Å²) in [7, 11) is 0. The van der Waals surface area contributed by atoms with E-state index in [4.69, 9.17) is 4.42 Å². The maximum absolute atomic E-state index is 5.42. The van der Waals surface area contributed by atoms with Crippen molar-refractivity contribution >= 4 is 36.1 Å². The van der Waals surface area contributed by atoms with Crippen LogP contribution < -0.4 is 16.6 Å². The SMILES string of the molecule is C/C=c1/nc([B]SC)o/c1=C/C. The third-order valence-electron chi connectivity index (χ3n) is 1.45. The molecular weight excluding hydrogens is 169 g/mol. The van der Waals surface area contributed by atoms with E-state index in [0.29, 0.717) is 5.79 Å². The van der Waals surface area contributed by atoms with Gasteiger partial charge in [0.25, 0.3) is 0 Å². The van der Waals surface area contributed by atoms with Gasteiger partial charge in [0.05, 0.1) is 0 Å². The van der Waals surface area contributed by atoms with E-state index >= 15 is 0 Å². The molecule has 0 amide bonds. The van der Waals surface area contributed by atoms with Gasteiger partial charge in [-0.1, -0.05) is 6.08 Å². The average Bonchev–Trinajstić information content (AvgIpc) is 2.48. The third-order valence-corrected chi connectivity index (χ3v) is 1.89. The molecular formula is C8H11BNOS. The molecule has 1 radical (unpaired) electrons. The fourth-order valence-corrected chi connectivity index (χ4v) is 1.23. The zero-order valence-electron chi connectivity index (χ0n) is 7.50. The predicted octanol–water partition coefficient (Wildman–Crippen LogP) is -0.117. The second kappa shape index (κ2) is 4.41. The van der Waals surface area contributed by atoms with Gasteiger partial charge in [-0.25, -0.2) is 16.6 Å². The van der Waals surface area contributed by atoms with Crippen molar-refractivity contribution in [2.24, 2.45) is 0 Å². The van der Waals surface area contributed by atoms with Gasteiger partial charge in [-0.15, -0.1) is 0 Å². The van der Waals surface area contributed by atoms with Crippen LogP contribution in [-0.4, -0.2) is 17.8 Å². The van der Waals surface area contributed by atoms with Crippen molar-refractivity contribution in [1.29, 1.82) is 0 Å². The maximum atomic E-state index is 5.42. The van der Waals surface area contributed by atoms with Crippen LogP contribution in [0.3, 0.4) is 0 Å². The standard InChI is InChI=1S/C8H11BNOS/c1-4-6-7(5-2)11-8(10-6)9-12-3/h4-5H,1-3H3/b6-4+,7-5+. The van der Waals surface area contributed by atoms with Gasteiger partial charge >= 0.3 is 6.56 Å². The van der Waals surface area contributed by atoms with Gasteiger partial charge in [-0.3, -0.25) is 0 Å². The second-order valence-electron chi connectivity index (χ2n) is 2.23. The van der Waals surface area contributed by atoms with E-state index < -0.39 is 0 Å². The van der Waals surface area contributed by atoms with E-state index in [2.05, 4.69) is 4.98 Å². The number of hydrogen-bond acceptors (Lipinski definition) is 3. The van der Waals surface area contributed by atoms with Crippen molar-refractivity contribution in [2.45, 2.75) is 13.8 Å². The van der Waals surface area contributed by atoms with Crippen LogP contribution in [0.2, 0.25) is 0 Å². The van der Waals surface area contributed by atoms with E-state index in [-0.39, 0.29) is 0 Å². The number of nitrogens with zero attached hydrogens (tertiary/aromatic N) is 1. The zero-order chi connectivity index (χ0) is 8.97. The summed E-state index contributed by atoms with van der Waals surface area (Å²) in [5.74, 6) is 0.684. The summed E-state index contributed by atoms with van der Waals surface area (Å²) >= 11 is 1.59. The lowest BCUT2D eigenvalue weighted by molar-refractivity contribution is 0.559. The van der Waals surface area contributed by atoms with Crippen molar-refractivity contribution in [2.75, 3.05) is 6.26 Å². The van der Waals surface area contributed by atoms with Crippen LogP contribution in [0.25, 0.3) is 12.2 Å². The molecule has 1 heterocycles. The monoisotopic (exact) mass is 180 g/mol. The minimum absolute atomic E-state index is 0.684. The molecule has 1 aromatic rings. The molecule has 0 unspecified atom stereocenters. The Bertz CT molecular complexity index is 326. The molecule has 0 aromatic carbocycles. The minimum Gasteiger partial charge on any atom is -0.451 e. The Hall–Kier alpha value is -0.635. The molecule has 4 heteroatoms. The number of hydrogen-bond donors (Lipinski definition) is 0. The molecule has 0 fully saturated rings. The van der Waals surface area contributed by atoms with E-state index in [9.17, 15) is 0 Å². The number of oxazole rings is 1. The van der Waals surface area contributed by atoms with E-state index in [1.165, 1.54) is 0 Å². The van der Waals surface area contributed by atoms with Gasteiger partial charge in [0.15, 0.2) is 5.79 Å². The molecule has 0 saturated carbocycles. The molecule has 0 spiro atoms. The first-order valence-electron chi connectivity index (χ1n) is 3.77. The molecule has 1 aromatic heterocycles. The van der Waals surface area contributed by atoms with E-state index in [0.717, 1.165) is 10.8 Å². The van der Waals surface area contributed by atoms with Crippen LogP contribution >= 0.6 is 11.6 Å². The molecule has 0 aliphatic rings. The number of aromatic nitrogens is 1. The van der Waals surface area contributed by atoms with Gasteiger partial charge in [0, 0.05) is 0 Å². The highest BCUT2D eigenvalue weighted by Gasteiger charge is 2.00. The fourth-order valence-electron chi connectivity index (χ4n) is 0.926. The van der Waals surface area contributed by atoms with Crippen molar-refractivity contribution in [3.8, 4) is 0 Å². The lowest BCUT2D eigenvalue weighted by Crippen LogP contribution is -2.21. The minimum atomic E-state index is 0.684. The fraction of sp³-hybridized carbons (Fsp3) is 0.375. The first-order chi connectivity index (χ1) is 5.81. The van der Waals surface area contributed by atoms with Crippen molar-refractivity contribution in [1.82, 2.24) is 4.98 Å². The molecule has 0 N–H and O–H groups in total. The third kappa shape index (κ3) is 1.94. The van der Waals surface area contributed by atoms with Crippen molar-refractivity contribution in [3.05, 3.63) is 10.8 Å². The lowest BCUT2D eigenvalue weighted by atomic mass is 10.1. The Morgan fingerprint density at radius 1 is 1.42 bits per heavy atom. The zero-order valence-corrected chi connectivity index (χ0v) is 8.31. The van der Waals surface area contributed by atoms with E-state index in [1.54, 1.807) is 11.6 Å².